The van der Waals surface area contributed by atoms with Crippen LogP contribution in [0.5, 0.6) is 0 Å². The van der Waals surface area contributed by atoms with Gasteiger partial charge in [-0.2, -0.15) is 0 Å². The lowest BCUT2D eigenvalue weighted by Crippen LogP contribution is -2.36. The molecule has 4 rings (SSSR count). The fraction of sp³-hybridized carbons (Fsp3) is 0.273. The van der Waals surface area contributed by atoms with Crippen LogP contribution in [0.4, 0.5) is 5.82 Å². The normalized spacial score (nSPS) is 14.4. The van der Waals surface area contributed by atoms with E-state index in [1.165, 1.54) is 13.0 Å². The van der Waals surface area contributed by atoms with Crippen molar-refractivity contribution in [2.75, 3.05) is 31.2 Å². The molecule has 1 aliphatic heterocycles. The van der Waals surface area contributed by atoms with Gasteiger partial charge in [-0.3, -0.25) is 4.79 Å². The molecule has 0 atom stereocenters. The van der Waals surface area contributed by atoms with Gasteiger partial charge in [0.1, 0.15) is 17.4 Å². The number of rotatable bonds is 6. The van der Waals surface area contributed by atoms with E-state index in [0.717, 1.165) is 0 Å². The van der Waals surface area contributed by atoms with E-state index in [-0.39, 0.29) is 22.0 Å². The summed E-state index contributed by atoms with van der Waals surface area (Å²) in [7, 11) is -3.74. The number of Topliss-reactive ketones (excluding diaryl/α,β-unsaturated/α-hetero) is 1. The van der Waals surface area contributed by atoms with Gasteiger partial charge in [0.05, 0.1) is 35.1 Å². The predicted octanol–water partition coefficient (Wildman–Crippen LogP) is 2.34. The second-order valence-electron chi connectivity index (χ2n) is 7.23. The first kappa shape index (κ1) is 21.1. The van der Waals surface area contributed by atoms with Crippen LogP contribution in [0.15, 0.2) is 64.6 Å². The molecule has 0 unspecified atom stereocenters. The molecule has 3 heterocycles. The van der Waals surface area contributed by atoms with E-state index in [1.807, 2.05) is 4.90 Å². The van der Waals surface area contributed by atoms with E-state index in [9.17, 15) is 13.2 Å². The molecule has 0 radical (unpaired) electrons. The maximum absolute atomic E-state index is 13.3. The molecule has 0 saturated carbocycles. The van der Waals surface area contributed by atoms with Crippen molar-refractivity contribution in [3.05, 3.63) is 60.7 Å². The fourth-order valence-electron chi connectivity index (χ4n) is 3.29. The Morgan fingerprint density at radius 1 is 1.03 bits per heavy atom. The van der Waals surface area contributed by atoms with Gasteiger partial charge in [-0.05, 0) is 31.2 Å². The highest BCUT2D eigenvalue weighted by molar-refractivity contribution is 7.91. The number of pyridine rings is 1. The smallest absolute Gasteiger partial charge is 0.206 e. The number of carbonyl (C=O) groups excluding carboxylic acids is 1. The van der Waals surface area contributed by atoms with E-state index in [2.05, 4.69) is 15.0 Å². The number of morpholine rings is 1. The van der Waals surface area contributed by atoms with Gasteiger partial charge < -0.3 is 9.64 Å². The van der Waals surface area contributed by atoms with Crippen molar-refractivity contribution in [1.29, 1.82) is 0 Å². The molecule has 160 valence electrons. The monoisotopic (exact) mass is 438 g/mol. The number of anilines is 1. The maximum Gasteiger partial charge on any atom is 0.206 e. The molecule has 31 heavy (non-hydrogen) atoms. The Hall–Kier alpha value is -3.17. The summed E-state index contributed by atoms with van der Waals surface area (Å²) < 4.78 is 32.0. The third-order valence-electron chi connectivity index (χ3n) is 4.89. The molecule has 0 aliphatic carbocycles. The van der Waals surface area contributed by atoms with Crippen LogP contribution in [0.1, 0.15) is 12.7 Å². The molecule has 0 spiro atoms. The van der Waals surface area contributed by atoms with Crippen LogP contribution >= 0.6 is 0 Å². The van der Waals surface area contributed by atoms with E-state index in [4.69, 9.17) is 4.74 Å². The number of ketones is 1. The zero-order valence-electron chi connectivity index (χ0n) is 17.1. The second-order valence-corrected chi connectivity index (χ2v) is 9.18. The summed E-state index contributed by atoms with van der Waals surface area (Å²) in [5.41, 5.74) is 1.03. The van der Waals surface area contributed by atoms with Crippen molar-refractivity contribution in [2.24, 2.45) is 0 Å². The van der Waals surface area contributed by atoms with Crippen LogP contribution in [-0.2, 0) is 25.8 Å². The van der Waals surface area contributed by atoms with Crippen LogP contribution in [0.25, 0.3) is 11.3 Å². The lowest BCUT2D eigenvalue weighted by atomic mass is 10.2. The first-order chi connectivity index (χ1) is 14.9. The summed E-state index contributed by atoms with van der Waals surface area (Å²) in [4.78, 5) is 26.8. The Morgan fingerprint density at radius 2 is 1.71 bits per heavy atom. The number of hydrogen-bond donors (Lipinski definition) is 0. The highest BCUT2D eigenvalue weighted by Crippen LogP contribution is 2.29. The van der Waals surface area contributed by atoms with E-state index in [1.54, 1.807) is 48.8 Å². The Kier molecular flexibility index (Phi) is 6.06. The van der Waals surface area contributed by atoms with Crippen LogP contribution < -0.4 is 4.90 Å². The van der Waals surface area contributed by atoms with Crippen molar-refractivity contribution in [1.82, 2.24) is 15.0 Å². The van der Waals surface area contributed by atoms with Crippen molar-refractivity contribution in [2.45, 2.75) is 23.1 Å². The van der Waals surface area contributed by atoms with Gasteiger partial charge in [-0.15, -0.1) is 0 Å². The molecule has 1 saturated heterocycles. The standard InChI is InChI=1S/C22H22N4O4S/c1-16(27)11-21-23-14-17(15-24-21)20-12-19(31(28,29)18-5-3-2-4-6-18)13-22(25-20)26-7-9-30-10-8-26/h2-6,12-15H,7-11H2,1H3. The number of carbonyl (C=O) groups is 1. The van der Waals surface area contributed by atoms with Gasteiger partial charge in [-0.25, -0.2) is 23.4 Å². The van der Waals surface area contributed by atoms with Crippen molar-refractivity contribution >= 4 is 21.4 Å². The summed E-state index contributed by atoms with van der Waals surface area (Å²) in [6.07, 6.45) is 3.28. The zero-order chi connectivity index (χ0) is 21.8. The molecule has 0 amide bonds. The first-order valence-electron chi connectivity index (χ1n) is 9.89. The largest absolute Gasteiger partial charge is 0.378 e. The summed E-state index contributed by atoms with van der Waals surface area (Å²) in [5.74, 6) is 0.942. The number of benzene rings is 1. The first-order valence-corrected chi connectivity index (χ1v) is 11.4. The van der Waals surface area contributed by atoms with Crippen LogP contribution in [0, 0.1) is 0 Å². The Morgan fingerprint density at radius 3 is 2.35 bits per heavy atom. The minimum absolute atomic E-state index is 0.0311. The third kappa shape index (κ3) is 4.78. The van der Waals surface area contributed by atoms with E-state index < -0.39 is 9.84 Å². The number of nitrogens with zero attached hydrogens (tertiary/aromatic N) is 4. The number of aromatic nitrogens is 3. The summed E-state index contributed by atoms with van der Waals surface area (Å²) in [6, 6.07) is 11.4. The van der Waals surface area contributed by atoms with Gasteiger partial charge in [0.2, 0.25) is 9.84 Å². The summed E-state index contributed by atoms with van der Waals surface area (Å²) in [5, 5.41) is 0. The molecule has 1 fully saturated rings. The zero-order valence-corrected chi connectivity index (χ0v) is 17.9. The van der Waals surface area contributed by atoms with Gasteiger partial charge in [0, 0.05) is 31.0 Å². The van der Waals surface area contributed by atoms with Gasteiger partial charge >= 0.3 is 0 Å². The molecule has 9 heteroatoms. The molecular weight excluding hydrogens is 416 g/mol. The number of ether oxygens (including phenoxy) is 1. The van der Waals surface area contributed by atoms with Crippen LogP contribution in [0.2, 0.25) is 0 Å². The second kappa shape index (κ2) is 8.91. The molecular formula is C22H22N4O4S. The Bertz CT molecular complexity index is 1180. The van der Waals surface area contributed by atoms with Crippen LogP contribution in [-0.4, -0.2) is 55.5 Å². The van der Waals surface area contributed by atoms with Gasteiger partial charge in [0.25, 0.3) is 0 Å². The molecule has 1 aromatic carbocycles. The van der Waals surface area contributed by atoms with E-state index >= 15 is 0 Å². The molecule has 2 aromatic heterocycles. The molecule has 0 N–H and O–H groups in total. The maximum atomic E-state index is 13.3. The van der Waals surface area contributed by atoms with Gasteiger partial charge in [0.15, 0.2) is 0 Å². The predicted molar refractivity (Wildman–Crippen MR) is 115 cm³/mol. The average Bonchev–Trinajstić information content (AvgIpc) is 2.80. The minimum Gasteiger partial charge on any atom is -0.378 e. The van der Waals surface area contributed by atoms with Gasteiger partial charge in [-0.1, -0.05) is 18.2 Å². The number of hydrogen-bond acceptors (Lipinski definition) is 8. The molecule has 8 nitrogen and oxygen atoms in total. The highest BCUT2D eigenvalue weighted by Gasteiger charge is 2.22. The van der Waals surface area contributed by atoms with Crippen molar-refractivity contribution in [3.63, 3.8) is 0 Å². The lowest BCUT2D eigenvalue weighted by Gasteiger charge is -2.28. The lowest BCUT2D eigenvalue weighted by molar-refractivity contribution is -0.116. The van der Waals surface area contributed by atoms with E-state index in [0.29, 0.717) is 49.2 Å². The number of sulfone groups is 1. The van der Waals surface area contributed by atoms with Crippen LogP contribution in [0.3, 0.4) is 0 Å². The third-order valence-corrected chi connectivity index (χ3v) is 6.64. The highest BCUT2D eigenvalue weighted by atomic mass is 32.2. The summed E-state index contributed by atoms with van der Waals surface area (Å²) in [6.45, 7) is 3.82. The average molecular weight is 439 g/mol. The SMILES string of the molecule is CC(=O)Cc1ncc(-c2cc(S(=O)(=O)c3ccccc3)cc(N3CCOCC3)n2)cn1. The summed E-state index contributed by atoms with van der Waals surface area (Å²) >= 11 is 0. The molecule has 1 aliphatic rings. The minimum atomic E-state index is -3.74. The molecule has 0 bridgehead atoms. The van der Waals surface area contributed by atoms with Crippen molar-refractivity contribution in [3.8, 4) is 11.3 Å². The fourth-order valence-corrected chi connectivity index (χ4v) is 4.60. The Labute approximate surface area is 180 Å². The quantitative estimate of drug-likeness (QED) is 0.578. The molecule has 3 aromatic rings. The van der Waals surface area contributed by atoms with Crippen molar-refractivity contribution < 1.29 is 17.9 Å². The Balaban J connectivity index is 1.79. The topological polar surface area (TPSA) is 102 Å².